The highest BCUT2D eigenvalue weighted by atomic mass is 16.5. The van der Waals surface area contributed by atoms with Crippen LogP contribution in [0.5, 0.6) is 0 Å². The van der Waals surface area contributed by atoms with Gasteiger partial charge >= 0.3 is 0 Å². The van der Waals surface area contributed by atoms with E-state index in [-0.39, 0.29) is 0 Å². The molecule has 0 radical (unpaired) electrons. The lowest BCUT2D eigenvalue weighted by molar-refractivity contribution is -0.0406. The summed E-state index contributed by atoms with van der Waals surface area (Å²) in [5.41, 5.74) is 5.55. The molecule has 0 aromatic heterocycles. The Balaban J connectivity index is 1.47. The molecule has 0 spiro atoms. The summed E-state index contributed by atoms with van der Waals surface area (Å²) in [6.07, 6.45) is 6.82. The lowest BCUT2D eigenvalue weighted by Crippen LogP contribution is -2.36. The standard InChI is InChI=1S/C11H21NO2/c12-8-9-6-11(7-9)14-5-3-10-2-1-4-13-10/h9-11H,1-8,12H2. The normalized spacial score (nSPS) is 37.1. The minimum atomic E-state index is 0.473. The molecule has 1 heterocycles. The Bertz CT molecular complexity index is 163. The van der Waals surface area contributed by atoms with E-state index in [0.717, 1.165) is 32.1 Å². The molecule has 2 N–H and O–H groups in total. The molecule has 1 saturated heterocycles. The highest BCUT2D eigenvalue weighted by Gasteiger charge is 2.28. The van der Waals surface area contributed by atoms with E-state index >= 15 is 0 Å². The zero-order valence-corrected chi connectivity index (χ0v) is 8.78. The van der Waals surface area contributed by atoms with Gasteiger partial charge in [0.2, 0.25) is 0 Å². The van der Waals surface area contributed by atoms with Crippen molar-refractivity contribution in [1.29, 1.82) is 0 Å². The van der Waals surface area contributed by atoms with Gasteiger partial charge in [-0.3, -0.25) is 0 Å². The lowest BCUT2D eigenvalue weighted by atomic mass is 9.82. The molecule has 0 amide bonds. The van der Waals surface area contributed by atoms with Gasteiger partial charge in [-0.1, -0.05) is 0 Å². The fraction of sp³-hybridized carbons (Fsp3) is 1.00. The summed E-state index contributed by atoms with van der Waals surface area (Å²) in [4.78, 5) is 0. The van der Waals surface area contributed by atoms with E-state index in [1.54, 1.807) is 0 Å². The molecule has 3 heteroatoms. The molecule has 0 aromatic rings. The molecule has 1 unspecified atom stereocenters. The maximum Gasteiger partial charge on any atom is 0.0597 e. The van der Waals surface area contributed by atoms with Gasteiger partial charge in [0.1, 0.15) is 0 Å². The summed E-state index contributed by atoms with van der Waals surface area (Å²) in [5, 5.41) is 0. The van der Waals surface area contributed by atoms with Crippen LogP contribution >= 0.6 is 0 Å². The molecule has 2 aliphatic rings. The number of rotatable bonds is 5. The van der Waals surface area contributed by atoms with Crippen molar-refractivity contribution in [2.24, 2.45) is 11.7 Å². The van der Waals surface area contributed by atoms with Gasteiger partial charge in [0.05, 0.1) is 12.2 Å². The summed E-state index contributed by atoms with van der Waals surface area (Å²) in [5.74, 6) is 0.725. The summed E-state index contributed by atoms with van der Waals surface area (Å²) < 4.78 is 11.3. The fourth-order valence-electron chi connectivity index (χ4n) is 2.24. The predicted molar refractivity (Wildman–Crippen MR) is 55.1 cm³/mol. The Hall–Kier alpha value is -0.120. The average molecular weight is 199 g/mol. The monoisotopic (exact) mass is 199 g/mol. The molecule has 82 valence electrons. The topological polar surface area (TPSA) is 44.5 Å². The largest absolute Gasteiger partial charge is 0.378 e. The molecule has 1 aliphatic carbocycles. The third-order valence-corrected chi connectivity index (χ3v) is 3.34. The van der Waals surface area contributed by atoms with Gasteiger partial charge in [-0.2, -0.15) is 0 Å². The van der Waals surface area contributed by atoms with Gasteiger partial charge in [0.15, 0.2) is 0 Å². The van der Waals surface area contributed by atoms with E-state index < -0.39 is 0 Å². The van der Waals surface area contributed by atoms with Crippen molar-refractivity contribution in [3.8, 4) is 0 Å². The number of hydrogen-bond acceptors (Lipinski definition) is 3. The zero-order valence-electron chi connectivity index (χ0n) is 8.78. The first-order valence-corrected chi connectivity index (χ1v) is 5.81. The summed E-state index contributed by atoms with van der Waals surface area (Å²) in [6, 6.07) is 0. The Morgan fingerprint density at radius 3 is 2.86 bits per heavy atom. The van der Waals surface area contributed by atoms with Gasteiger partial charge in [-0.15, -0.1) is 0 Å². The minimum Gasteiger partial charge on any atom is -0.378 e. The molecule has 0 bridgehead atoms. The van der Waals surface area contributed by atoms with E-state index in [0.29, 0.717) is 12.2 Å². The second-order valence-corrected chi connectivity index (χ2v) is 4.49. The van der Waals surface area contributed by atoms with Crippen molar-refractivity contribution in [3.05, 3.63) is 0 Å². The first kappa shape index (κ1) is 10.4. The van der Waals surface area contributed by atoms with Gasteiger partial charge in [-0.25, -0.2) is 0 Å². The van der Waals surface area contributed by atoms with Crippen LogP contribution in [0.25, 0.3) is 0 Å². The fourth-order valence-corrected chi connectivity index (χ4v) is 2.24. The Morgan fingerprint density at radius 1 is 1.36 bits per heavy atom. The van der Waals surface area contributed by atoms with Crippen molar-refractivity contribution >= 4 is 0 Å². The lowest BCUT2D eigenvalue weighted by Gasteiger charge is -2.34. The molecule has 2 rings (SSSR count). The van der Waals surface area contributed by atoms with E-state index in [1.165, 1.54) is 25.7 Å². The third-order valence-electron chi connectivity index (χ3n) is 3.34. The molecule has 0 aromatic carbocycles. The maximum atomic E-state index is 5.74. The highest BCUT2D eigenvalue weighted by Crippen LogP contribution is 2.29. The van der Waals surface area contributed by atoms with Crippen LogP contribution in [0.3, 0.4) is 0 Å². The Labute approximate surface area is 85.9 Å². The first-order valence-electron chi connectivity index (χ1n) is 5.81. The van der Waals surface area contributed by atoms with E-state index in [1.807, 2.05) is 0 Å². The SMILES string of the molecule is NCC1CC(OCCC2CCCO2)C1. The van der Waals surface area contributed by atoms with Crippen molar-refractivity contribution < 1.29 is 9.47 Å². The van der Waals surface area contributed by atoms with Crippen molar-refractivity contribution in [1.82, 2.24) is 0 Å². The Kier molecular flexibility index (Phi) is 3.79. The van der Waals surface area contributed by atoms with Crippen LogP contribution in [0.2, 0.25) is 0 Å². The van der Waals surface area contributed by atoms with Crippen LogP contribution in [0.4, 0.5) is 0 Å². The molecule has 1 atom stereocenters. The quantitative estimate of drug-likeness (QED) is 0.726. The number of nitrogens with two attached hydrogens (primary N) is 1. The van der Waals surface area contributed by atoms with E-state index in [9.17, 15) is 0 Å². The van der Waals surface area contributed by atoms with Gasteiger partial charge in [0.25, 0.3) is 0 Å². The van der Waals surface area contributed by atoms with E-state index in [2.05, 4.69) is 0 Å². The van der Waals surface area contributed by atoms with Crippen molar-refractivity contribution in [2.45, 2.75) is 44.3 Å². The maximum absolute atomic E-state index is 5.74. The average Bonchev–Trinajstić information content (AvgIpc) is 2.61. The minimum absolute atomic E-state index is 0.473. The van der Waals surface area contributed by atoms with E-state index in [4.69, 9.17) is 15.2 Å². The molecule has 2 fully saturated rings. The highest BCUT2D eigenvalue weighted by molar-refractivity contribution is 4.80. The second kappa shape index (κ2) is 5.10. The molecule has 1 saturated carbocycles. The van der Waals surface area contributed by atoms with Crippen LogP contribution in [0, 0.1) is 5.92 Å². The molecule has 14 heavy (non-hydrogen) atoms. The number of hydrogen-bond donors (Lipinski definition) is 1. The van der Waals surface area contributed by atoms with Crippen LogP contribution < -0.4 is 5.73 Å². The van der Waals surface area contributed by atoms with Gasteiger partial charge in [0, 0.05) is 13.2 Å². The summed E-state index contributed by atoms with van der Waals surface area (Å²) in [7, 11) is 0. The van der Waals surface area contributed by atoms with Crippen LogP contribution in [-0.4, -0.2) is 32.0 Å². The predicted octanol–water partition coefficient (Wildman–Crippen LogP) is 1.31. The molecule has 1 aliphatic heterocycles. The molecular formula is C11H21NO2. The van der Waals surface area contributed by atoms with Crippen LogP contribution in [0.15, 0.2) is 0 Å². The Morgan fingerprint density at radius 2 is 2.21 bits per heavy atom. The van der Waals surface area contributed by atoms with Crippen molar-refractivity contribution in [2.75, 3.05) is 19.8 Å². The van der Waals surface area contributed by atoms with Crippen molar-refractivity contribution in [3.63, 3.8) is 0 Å². The number of ether oxygens (including phenoxy) is 2. The van der Waals surface area contributed by atoms with Crippen LogP contribution in [-0.2, 0) is 9.47 Å². The van der Waals surface area contributed by atoms with Gasteiger partial charge < -0.3 is 15.2 Å². The first-order chi connectivity index (χ1) is 6.88. The zero-order chi connectivity index (χ0) is 9.80. The third kappa shape index (κ3) is 2.69. The molecular weight excluding hydrogens is 178 g/mol. The smallest absolute Gasteiger partial charge is 0.0597 e. The van der Waals surface area contributed by atoms with Gasteiger partial charge in [-0.05, 0) is 44.6 Å². The molecule has 3 nitrogen and oxygen atoms in total. The second-order valence-electron chi connectivity index (χ2n) is 4.49. The van der Waals surface area contributed by atoms with Crippen LogP contribution in [0.1, 0.15) is 32.1 Å². The summed E-state index contributed by atoms with van der Waals surface area (Å²) >= 11 is 0. The summed E-state index contributed by atoms with van der Waals surface area (Å²) in [6.45, 7) is 2.64.